The van der Waals surface area contributed by atoms with Crippen LogP contribution in [0.2, 0.25) is 0 Å². The molecular formula is C22H32N2O2. The van der Waals surface area contributed by atoms with Crippen molar-refractivity contribution in [1.82, 2.24) is 9.80 Å². The molecule has 0 spiro atoms. The van der Waals surface area contributed by atoms with Crippen molar-refractivity contribution in [3.8, 4) is 0 Å². The maximum atomic E-state index is 12.6. The molecule has 2 aliphatic heterocycles. The SMILES string of the molecule is Cc1ccc(CCC(=O)N2CCC(C(=O)N3CCCCC3)CC2)c(C)c1. The number of carbonyl (C=O) groups is 2. The van der Waals surface area contributed by atoms with Crippen LogP contribution in [-0.2, 0) is 16.0 Å². The van der Waals surface area contributed by atoms with Crippen LogP contribution in [-0.4, -0.2) is 47.8 Å². The Morgan fingerprint density at radius 2 is 1.65 bits per heavy atom. The van der Waals surface area contributed by atoms with Crippen LogP contribution in [0.25, 0.3) is 0 Å². The number of hydrogen-bond acceptors (Lipinski definition) is 2. The van der Waals surface area contributed by atoms with Gasteiger partial charge >= 0.3 is 0 Å². The maximum absolute atomic E-state index is 12.6. The zero-order valence-electron chi connectivity index (χ0n) is 16.3. The van der Waals surface area contributed by atoms with Gasteiger partial charge in [0.15, 0.2) is 0 Å². The predicted octanol–water partition coefficient (Wildman–Crippen LogP) is 3.49. The summed E-state index contributed by atoms with van der Waals surface area (Å²) in [5, 5.41) is 0. The number of carbonyl (C=O) groups excluding carboxylic acids is 2. The van der Waals surface area contributed by atoms with E-state index in [1.165, 1.54) is 23.1 Å². The lowest BCUT2D eigenvalue weighted by atomic mass is 9.94. The molecule has 2 saturated heterocycles. The number of piperidine rings is 2. The van der Waals surface area contributed by atoms with E-state index in [-0.39, 0.29) is 11.8 Å². The number of nitrogens with zero attached hydrogens (tertiary/aromatic N) is 2. The Hall–Kier alpha value is -1.84. The van der Waals surface area contributed by atoms with Gasteiger partial charge in [0.1, 0.15) is 0 Å². The van der Waals surface area contributed by atoms with Gasteiger partial charge in [0.05, 0.1) is 0 Å². The summed E-state index contributed by atoms with van der Waals surface area (Å²) < 4.78 is 0. The molecule has 2 fully saturated rings. The molecule has 4 nitrogen and oxygen atoms in total. The Bertz CT molecular complexity index is 642. The number of hydrogen-bond donors (Lipinski definition) is 0. The minimum Gasteiger partial charge on any atom is -0.343 e. The highest BCUT2D eigenvalue weighted by atomic mass is 16.2. The summed E-state index contributed by atoms with van der Waals surface area (Å²) in [6.07, 6.45) is 6.54. The molecule has 2 aliphatic rings. The molecule has 3 rings (SSSR count). The van der Waals surface area contributed by atoms with E-state index < -0.39 is 0 Å². The largest absolute Gasteiger partial charge is 0.343 e. The molecule has 2 amide bonds. The lowest BCUT2D eigenvalue weighted by Gasteiger charge is -2.35. The molecule has 0 saturated carbocycles. The van der Waals surface area contributed by atoms with Crippen molar-refractivity contribution in [2.45, 2.75) is 58.8 Å². The molecule has 0 atom stereocenters. The van der Waals surface area contributed by atoms with Crippen molar-refractivity contribution in [3.05, 3.63) is 34.9 Å². The molecule has 0 bridgehead atoms. The normalized spacial score (nSPS) is 18.8. The van der Waals surface area contributed by atoms with Gasteiger partial charge in [-0.25, -0.2) is 0 Å². The van der Waals surface area contributed by atoms with Gasteiger partial charge in [-0.3, -0.25) is 9.59 Å². The molecule has 0 N–H and O–H groups in total. The summed E-state index contributed by atoms with van der Waals surface area (Å²) in [6, 6.07) is 6.43. The van der Waals surface area contributed by atoms with Crippen LogP contribution in [0, 0.1) is 19.8 Å². The highest BCUT2D eigenvalue weighted by Crippen LogP contribution is 2.23. The molecule has 0 unspecified atom stereocenters. The first-order chi connectivity index (χ1) is 12.5. The fraction of sp³-hybridized carbons (Fsp3) is 0.636. The zero-order valence-corrected chi connectivity index (χ0v) is 16.3. The van der Waals surface area contributed by atoms with E-state index in [4.69, 9.17) is 0 Å². The summed E-state index contributed by atoms with van der Waals surface area (Å²) in [5.41, 5.74) is 3.79. The molecule has 1 aromatic rings. The molecular weight excluding hydrogens is 324 g/mol. The molecule has 0 aliphatic carbocycles. The van der Waals surface area contributed by atoms with Gasteiger partial charge in [-0.2, -0.15) is 0 Å². The van der Waals surface area contributed by atoms with Gasteiger partial charge in [-0.1, -0.05) is 23.8 Å². The number of aryl methyl sites for hydroxylation is 3. The van der Waals surface area contributed by atoms with Gasteiger partial charge < -0.3 is 9.80 Å². The zero-order chi connectivity index (χ0) is 18.5. The second-order valence-electron chi connectivity index (χ2n) is 7.97. The third-order valence-electron chi connectivity index (χ3n) is 5.97. The van der Waals surface area contributed by atoms with Gasteiger partial charge in [-0.15, -0.1) is 0 Å². The van der Waals surface area contributed by atoms with Crippen LogP contribution in [0.5, 0.6) is 0 Å². The Morgan fingerprint density at radius 1 is 0.962 bits per heavy atom. The van der Waals surface area contributed by atoms with Gasteiger partial charge in [-0.05, 0) is 63.5 Å². The second kappa shape index (κ2) is 8.70. The first-order valence-corrected chi connectivity index (χ1v) is 10.2. The lowest BCUT2D eigenvalue weighted by molar-refractivity contribution is -0.141. The van der Waals surface area contributed by atoms with Crippen LogP contribution < -0.4 is 0 Å². The summed E-state index contributed by atoms with van der Waals surface area (Å²) in [4.78, 5) is 29.2. The molecule has 4 heteroatoms. The Kier molecular flexibility index (Phi) is 6.33. The smallest absolute Gasteiger partial charge is 0.225 e. The quantitative estimate of drug-likeness (QED) is 0.829. The van der Waals surface area contributed by atoms with Crippen molar-refractivity contribution < 1.29 is 9.59 Å². The highest BCUT2D eigenvalue weighted by Gasteiger charge is 2.30. The van der Waals surface area contributed by atoms with E-state index in [2.05, 4.69) is 32.0 Å². The van der Waals surface area contributed by atoms with Gasteiger partial charge in [0.25, 0.3) is 0 Å². The number of amides is 2. The number of rotatable bonds is 4. The van der Waals surface area contributed by atoms with E-state index in [0.717, 1.165) is 58.3 Å². The summed E-state index contributed by atoms with van der Waals surface area (Å²) in [5.74, 6) is 0.678. The number of likely N-dealkylation sites (tertiary alicyclic amines) is 2. The fourth-order valence-corrected chi connectivity index (χ4v) is 4.27. The molecule has 0 radical (unpaired) electrons. The van der Waals surface area contributed by atoms with Crippen molar-refractivity contribution in [1.29, 1.82) is 0 Å². The minimum absolute atomic E-state index is 0.122. The second-order valence-corrected chi connectivity index (χ2v) is 7.97. The standard InChI is InChI=1S/C22H32N2O2/c1-17-6-7-19(18(2)16-17)8-9-21(25)23-14-10-20(11-15-23)22(26)24-12-4-3-5-13-24/h6-7,16,20H,3-5,8-15H2,1-2H3. The minimum atomic E-state index is 0.122. The molecule has 142 valence electrons. The average Bonchev–Trinajstić information content (AvgIpc) is 2.67. The Morgan fingerprint density at radius 3 is 2.31 bits per heavy atom. The summed E-state index contributed by atoms with van der Waals surface area (Å²) >= 11 is 0. The van der Waals surface area contributed by atoms with Crippen molar-refractivity contribution >= 4 is 11.8 Å². The molecule has 2 heterocycles. The fourth-order valence-electron chi connectivity index (χ4n) is 4.27. The summed E-state index contributed by atoms with van der Waals surface area (Å²) in [6.45, 7) is 7.52. The van der Waals surface area contributed by atoms with Gasteiger partial charge in [0, 0.05) is 38.5 Å². The van der Waals surface area contributed by atoms with Crippen LogP contribution in [0.3, 0.4) is 0 Å². The number of benzene rings is 1. The maximum Gasteiger partial charge on any atom is 0.225 e. The molecule has 1 aromatic carbocycles. The van der Waals surface area contributed by atoms with Crippen LogP contribution in [0.15, 0.2) is 18.2 Å². The topological polar surface area (TPSA) is 40.6 Å². The molecule has 26 heavy (non-hydrogen) atoms. The third kappa shape index (κ3) is 4.66. The lowest BCUT2D eigenvalue weighted by Crippen LogP contribution is -2.45. The van der Waals surface area contributed by atoms with Gasteiger partial charge in [0.2, 0.25) is 11.8 Å². The van der Waals surface area contributed by atoms with E-state index in [0.29, 0.717) is 12.3 Å². The van der Waals surface area contributed by atoms with Crippen molar-refractivity contribution in [3.63, 3.8) is 0 Å². The van der Waals surface area contributed by atoms with E-state index in [9.17, 15) is 9.59 Å². The van der Waals surface area contributed by atoms with Crippen molar-refractivity contribution in [2.75, 3.05) is 26.2 Å². The summed E-state index contributed by atoms with van der Waals surface area (Å²) in [7, 11) is 0. The molecule has 0 aromatic heterocycles. The van der Waals surface area contributed by atoms with E-state index in [1.54, 1.807) is 0 Å². The van der Waals surface area contributed by atoms with Crippen LogP contribution in [0.4, 0.5) is 0 Å². The average molecular weight is 357 g/mol. The highest BCUT2D eigenvalue weighted by molar-refractivity contribution is 5.80. The Labute approximate surface area is 157 Å². The predicted molar refractivity (Wildman–Crippen MR) is 104 cm³/mol. The third-order valence-corrected chi connectivity index (χ3v) is 5.97. The Balaban J connectivity index is 1.45. The van der Waals surface area contributed by atoms with Crippen LogP contribution in [0.1, 0.15) is 55.2 Å². The first-order valence-electron chi connectivity index (χ1n) is 10.2. The van der Waals surface area contributed by atoms with Crippen molar-refractivity contribution in [2.24, 2.45) is 5.92 Å². The monoisotopic (exact) mass is 356 g/mol. The van der Waals surface area contributed by atoms with Crippen LogP contribution >= 0.6 is 0 Å². The van der Waals surface area contributed by atoms with E-state index in [1.807, 2.05) is 9.80 Å². The van der Waals surface area contributed by atoms with E-state index >= 15 is 0 Å². The first kappa shape index (κ1) is 18.9.